The van der Waals surface area contributed by atoms with Gasteiger partial charge in [-0.2, -0.15) is 0 Å². The summed E-state index contributed by atoms with van der Waals surface area (Å²) in [6.07, 6.45) is 0. The Kier molecular flexibility index (Phi) is 9.22. The maximum absolute atomic E-state index is 13.0. The molecule has 0 aliphatic heterocycles. The van der Waals surface area contributed by atoms with Gasteiger partial charge >= 0.3 is 0 Å². The number of nitrogens with zero attached hydrogens (tertiary/aromatic N) is 4. The van der Waals surface area contributed by atoms with Crippen LogP contribution in [0.15, 0.2) is 60.7 Å². The van der Waals surface area contributed by atoms with Gasteiger partial charge in [0.05, 0.1) is 30.3 Å². The molecule has 4 aromatic rings. The van der Waals surface area contributed by atoms with Crippen LogP contribution in [0.5, 0.6) is 11.6 Å². The number of hydrogen-bond acceptors (Lipinski definition) is 7. The van der Waals surface area contributed by atoms with Crippen LogP contribution in [0.3, 0.4) is 0 Å². The SMILES string of the molecule is CCN(CC)CCN(C)c1nc2ccc(NC(=O)c3ccc(-c4ccc(OC)cc4Cl)cc3)cc2nc1OC. The molecule has 0 saturated carbocycles. The lowest BCUT2D eigenvalue weighted by molar-refractivity contribution is 0.102. The van der Waals surface area contributed by atoms with E-state index in [4.69, 9.17) is 26.1 Å². The second-order valence-electron chi connectivity index (χ2n) is 9.09. The van der Waals surface area contributed by atoms with Crippen LogP contribution in [0.25, 0.3) is 22.2 Å². The van der Waals surface area contributed by atoms with E-state index in [1.807, 2.05) is 43.4 Å². The zero-order valence-corrected chi connectivity index (χ0v) is 23.7. The van der Waals surface area contributed by atoms with E-state index in [1.54, 1.807) is 38.5 Å². The number of aromatic nitrogens is 2. The van der Waals surface area contributed by atoms with Crippen molar-refractivity contribution in [2.45, 2.75) is 13.8 Å². The fourth-order valence-electron chi connectivity index (χ4n) is 4.29. The minimum Gasteiger partial charge on any atom is -0.497 e. The lowest BCUT2D eigenvalue weighted by Crippen LogP contribution is -2.33. The molecule has 0 bridgehead atoms. The fourth-order valence-corrected chi connectivity index (χ4v) is 4.57. The maximum Gasteiger partial charge on any atom is 0.257 e. The number of likely N-dealkylation sites (N-methyl/N-ethyl adjacent to an activating group) is 2. The smallest absolute Gasteiger partial charge is 0.257 e. The first-order chi connectivity index (χ1) is 18.9. The van der Waals surface area contributed by atoms with Crippen LogP contribution in [-0.2, 0) is 0 Å². The molecule has 4 rings (SSSR count). The van der Waals surface area contributed by atoms with E-state index in [-0.39, 0.29) is 5.91 Å². The van der Waals surface area contributed by atoms with E-state index >= 15 is 0 Å². The van der Waals surface area contributed by atoms with Crippen molar-refractivity contribution in [3.05, 3.63) is 71.2 Å². The number of carbonyl (C=O) groups excluding carboxylic acids is 1. The Hall–Kier alpha value is -3.88. The third-order valence-electron chi connectivity index (χ3n) is 6.71. The number of methoxy groups -OCH3 is 2. The first kappa shape index (κ1) is 28.1. The quantitative estimate of drug-likeness (QED) is 0.247. The summed E-state index contributed by atoms with van der Waals surface area (Å²) in [4.78, 5) is 26.9. The van der Waals surface area contributed by atoms with E-state index in [0.717, 1.165) is 42.8 Å². The topological polar surface area (TPSA) is 79.8 Å². The third kappa shape index (κ3) is 6.58. The first-order valence-electron chi connectivity index (χ1n) is 12.9. The molecule has 3 aromatic carbocycles. The average Bonchev–Trinajstić information content (AvgIpc) is 2.96. The zero-order valence-electron chi connectivity index (χ0n) is 23.0. The highest BCUT2D eigenvalue weighted by Crippen LogP contribution is 2.32. The average molecular weight is 548 g/mol. The van der Waals surface area contributed by atoms with E-state index in [1.165, 1.54) is 0 Å². The maximum atomic E-state index is 13.0. The number of fused-ring (bicyclic) bond motifs is 1. The number of ether oxygens (including phenoxy) is 2. The van der Waals surface area contributed by atoms with Gasteiger partial charge in [-0.1, -0.05) is 37.6 Å². The second-order valence-corrected chi connectivity index (χ2v) is 9.49. The van der Waals surface area contributed by atoms with E-state index < -0.39 is 0 Å². The van der Waals surface area contributed by atoms with E-state index in [0.29, 0.717) is 39.2 Å². The number of anilines is 2. The highest BCUT2D eigenvalue weighted by molar-refractivity contribution is 6.33. The minimum atomic E-state index is -0.227. The van der Waals surface area contributed by atoms with Crippen LogP contribution >= 0.6 is 11.6 Å². The number of carbonyl (C=O) groups is 1. The Morgan fingerprint density at radius 1 is 0.897 bits per heavy atom. The first-order valence-corrected chi connectivity index (χ1v) is 13.3. The minimum absolute atomic E-state index is 0.227. The Balaban J connectivity index is 1.49. The summed E-state index contributed by atoms with van der Waals surface area (Å²) >= 11 is 6.41. The largest absolute Gasteiger partial charge is 0.497 e. The number of amides is 1. The lowest BCUT2D eigenvalue weighted by atomic mass is 10.0. The lowest BCUT2D eigenvalue weighted by Gasteiger charge is -2.24. The van der Waals surface area contributed by atoms with Crippen molar-refractivity contribution < 1.29 is 14.3 Å². The molecule has 1 amide bonds. The molecule has 39 heavy (non-hydrogen) atoms. The molecule has 0 aliphatic carbocycles. The van der Waals surface area contributed by atoms with E-state index in [2.05, 4.69) is 33.9 Å². The van der Waals surface area contributed by atoms with Gasteiger partial charge in [-0.15, -0.1) is 0 Å². The van der Waals surface area contributed by atoms with E-state index in [9.17, 15) is 4.79 Å². The number of halogens is 1. The van der Waals surface area contributed by atoms with Crippen molar-refractivity contribution in [1.82, 2.24) is 14.9 Å². The Morgan fingerprint density at radius 2 is 1.64 bits per heavy atom. The molecule has 204 valence electrons. The Labute approximate surface area is 234 Å². The zero-order chi connectivity index (χ0) is 27.9. The van der Waals surface area contributed by atoms with Crippen LogP contribution in [0, 0.1) is 0 Å². The molecular weight excluding hydrogens is 514 g/mol. The summed E-state index contributed by atoms with van der Waals surface area (Å²) in [7, 11) is 5.18. The van der Waals surface area contributed by atoms with Crippen LogP contribution in [0.2, 0.25) is 5.02 Å². The van der Waals surface area contributed by atoms with Crippen molar-refractivity contribution in [1.29, 1.82) is 0 Å². The van der Waals surface area contributed by atoms with Gasteiger partial charge in [0.2, 0.25) is 0 Å². The number of hydrogen-bond donors (Lipinski definition) is 1. The monoisotopic (exact) mass is 547 g/mol. The van der Waals surface area contributed by atoms with Crippen LogP contribution in [0.4, 0.5) is 11.5 Å². The molecule has 0 saturated heterocycles. The molecule has 1 aromatic heterocycles. The van der Waals surface area contributed by atoms with Crippen molar-refractivity contribution in [3.63, 3.8) is 0 Å². The predicted octanol–water partition coefficient (Wildman–Crippen LogP) is 6.00. The van der Waals surface area contributed by atoms with Gasteiger partial charge in [0.25, 0.3) is 11.8 Å². The molecule has 1 N–H and O–H groups in total. The molecule has 9 heteroatoms. The molecule has 8 nitrogen and oxygen atoms in total. The highest BCUT2D eigenvalue weighted by Gasteiger charge is 2.16. The van der Waals surface area contributed by atoms with Gasteiger partial charge in [-0.05, 0) is 67.2 Å². The Morgan fingerprint density at radius 3 is 2.28 bits per heavy atom. The summed E-state index contributed by atoms with van der Waals surface area (Å²) < 4.78 is 10.8. The summed E-state index contributed by atoms with van der Waals surface area (Å²) in [5.41, 5.74) is 4.27. The van der Waals surface area contributed by atoms with Crippen molar-refractivity contribution >= 4 is 40.0 Å². The number of nitrogens with one attached hydrogen (secondary N) is 1. The van der Waals surface area contributed by atoms with Crippen molar-refractivity contribution in [2.75, 3.05) is 57.7 Å². The molecule has 0 aliphatic rings. The molecule has 0 atom stereocenters. The van der Waals surface area contributed by atoms with Gasteiger partial charge in [0.15, 0.2) is 5.82 Å². The van der Waals surface area contributed by atoms with Crippen LogP contribution in [-0.4, -0.2) is 68.2 Å². The molecular formula is C30H34ClN5O3. The highest BCUT2D eigenvalue weighted by atomic mass is 35.5. The summed E-state index contributed by atoms with van der Waals surface area (Å²) in [6.45, 7) is 8.04. The van der Waals surface area contributed by atoms with Gasteiger partial charge in [0.1, 0.15) is 5.75 Å². The molecule has 0 fully saturated rings. The van der Waals surface area contributed by atoms with Gasteiger partial charge in [-0.3, -0.25) is 4.79 Å². The van der Waals surface area contributed by atoms with Crippen molar-refractivity contribution in [3.8, 4) is 22.8 Å². The predicted molar refractivity (Wildman–Crippen MR) is 159 cm³/mol. The molecule has 0 unspecified atom stereocenters. The molecule has 1 heterocycles. The van der Waals surface area contributed by atoms with Crippen molar-refractivity contribution in [2.24, 2.45) is 0 Å². The summed E-state index contributed by atoms with van der Waals surface area (Å²) in [5, 5.41) is 3.53. The normalized spacial score (nSPS) is 11.1. The summed E-state index contributed by atoms with van der Waals surface area (Å²) in [5.74, 6) is 1.59. The van der Waals surface area contributed by atoms with Gasteiger partial charge in [-0.25, -0.2) is 9.97 Å². The number of benzene rings is 3. The fraction of sp³-hybridized carbons (Fsp3) is 0.300. The number of rotatable bonds is 11. The summed E-state index contributed by atoms with van der Waals surface area (Å²) in [6, 6.07) is 18.3. The molecule has 0 spiro atoms. The molecule has 0 radical (unpaired) electrons. The Bertz CT molecular complexity index is 1440. The standard InChI is InChI=1S/C30H34ClN5O3/c1-6-36(7-2)17-16-35(3)28-30(39-5)34-27-18-22(12-15-26(27)33-28)32-29(37)21-10-8-20(9-11-21)24-14-13-23(38-4)19-25(24)31/h8-15,18-19H,6-7,16-17H2,1-5H3,(H,32,37). The second kappa shape index (κ2) is 12.8. The van der Waals surface area contributed by atoms with Crippen LogP contribution < -0.4 is 19.7 Å². The third-order valence-corrected chi connectivity index (χ3v) is 7.02. The van der Waals surface area contributed by atoms with Gasteiger partial charge in [0, 0.05) is 37.0 Å². The van der Waals surface area contributed by atoms with Crippen LogP contribution in [0.1, 0.15) is 24.2 Å². The van der Waals surface area contributed by atoms with Gasteiger partial charge < -0.3 is 24.6 Å².